The fourth-order valence-electron chi connectivity index (χ4n) is 2.04. The Kier molecular flexibility index (Phi) is 6.57. The minimum atomic E-state index is -0.685. The van der Waals surface area contributed by atoms with E-state index in [9.17, 15) is 18.8 Å². The molecule has 7 heteroatoms. The van der Waals surface area contributed by atoms with Crippen molar-refractivity contribution in [2.45, 2.75) is 12.8 Å². The third-order valence-electron chi connectivity index (χ3n) is 3.38. The van der Waals surface area contributed by atoms with Crippen molar-refractivity contribution < 1.29 is 23.5 Å². The molecule has 6 nitrogen and oxygen atoms in total. The zero-order chi connectivity index (χ0) is 18.9. The standard InChI is InChI=1S/C19H15FN2O4/c20-15-5-3-14(4-6-15)17(23)9-10-19(25)26-12-18(24)22-16-7-1-13(11-21)2-8-16/h1-8H,9-10,12H2,(H,22,24). The number of hydrogen-bond acceptors (Lipinski definition) is 5. The fraction of sp³-hybridized carbons (Fsp3) is 0.158. The maximum Gasteiger partial charge on any atom is 0.306 e. The van der Waals surface area contributed by atoms with Gasteiger partial charge in [-0.25, -0.2) is 4.39 Å². The first-order valence-corrected chi connectivity index (χ1v) is 7.72. The zero-order valence-electron chi connectivity index (χ0n) is 13.7. The Hall–Kier alpha value is -3.53. The number of amides is 1. The average Bonchev–Trinajstić information content (AvgIpc) is 2.65. The van der Waals surface area contributed by atoms with E-state index in [-0.39, 0.29) is 18.6 Å². The minimum Gasteiger partial charge on any atom is -0.456 e. The van der Waals surface area contributed by atoms with Crippen molar-refractivity contribution in [2.75, 3.05) is 11.9 Å². The van der Waals surface area contributed by atoms with E-state index in [1.807, 2.05) is 6.07 Å². The molecule has 0 saturated heterocycles. The highest BCUT2D eigenvalue weighted by atomic mass is 19.1. The van der Waals surface area contributed by atoms with E-state index in [0.717, 1.165) is 0 Å². The van der Waals surface area contributed by atoms with Crippen molar-refractivity contribution in [3.05, 3.63) is 65.5 Å². The molecule has 0 fully saturated rings. The molecule has 2 aromatic carbocycles. The summed E-state index contributed by atoms with van der Waals surface area (Å²) in [4.78, 5) is 35.2. The number of hydrogen-bond donors (Lipinski definition) is 1. The number of benzene rings is 2. The molecule has 0 spiro atoms. The summed E-state index contributed by atoms with van der Waals surface area (Å²) in [7, 11) is 0. The molecule has 26 heavy (non-hydrogen) atoms. The summed E-state index contributed by atoms with van der Waals surface area (Å²) in [5.74, 6) is -1.98. The van der Waals surface area contributed by atoms with Gasteiger partial charge in [-0.2, -0.15) is 5.26 Å². The van der Waals surface area contributed by atoms with Crippen LogP contribution in [-0.2, 0) is 14.3 Å². The van der Waals surface area contributed by atoms with Crippen LogP contribution in [0.1, 0.15) is 28.8 Å². The van der Waals surface area contributed by atoms with Gasteiger partial charge in [0.15, 0.2) is 12.4 Å². The van der Waals surface area contributed by atoms with Crippen LogP contribution < -0.4 is 5.32 Å². The lowest BCUT2D eigenvalue weighted by atomic mass is 10.1. The van der Waals surface area contributed by atoms with E-state index in [2.05, 4.69) is 5.32 Å². The lowest BCUT2D eigenvalue weighted by molar-refractivity contribution is -0.147. The average molecular weight is 354 g/mol. The number of nitriles is 1. The molecule has 0 radical (unpaired) electrons. The van der Waals surface area contributed by atoms with E-state index in [1.165, 1.54) is 24.3 Å². The van der Waals surface area contributed by atoms with E-state index in [4.69, 9.17) is 10.00 Å². The van der Waals surface area contributed by atoms with Crippen LogP contribution in [0.25, 0.3) is 0 Å². The molecular weight excluding hydrogens is 339 g/mol. The molecule has 0 heterocycles. The van der Waals surface area contributed by atoms with Gasteiger partial charge >= 0.3 is 5.97 Å². The molecular formula is C19H15FN2O4. The Bertz CT molecular complexity index is 839. The van der Waals surface area contributed by atoms with Gasteiger partial charge in [0.25, 0.3) is 5.91 Å². The summed E-state index contributed by atoms with van der Waals surface area (Å²) in [6, 6.07) is 13.2. The molecule has 2 aromatic rings. The number of halogens is 1. The number of carbonyl (C=O) groups excluding carboxylic acids is 3. The SMILES string of the molecule is N#Cc1ccc(NC(=O)COC(=O)CCC(=O)c2ccc(F)cc2)cc1. The first kappa shape index (κ1) is 18.8. The van der Waals surface area contributed by atoms with Crippen LogP contribution in [0.4, 0.5) is 10.1 Å². The smallest absolute Gasteiger partial charge is 0.306 e. The molecule has 0 atom stereocenters. The number of esters is 1. The predicted molar refractivity (Wildman–Crippen MR) is 90.7 cm³/mol. The summed E-state index contributed by atoms with van der Waals surface area (Å²) in [6.45, 7) is -0.483. The second kappa shape index (κ2) is 9.08. The lowest BCUT2D eigenvalue weighted by Crippen LogP contribution is -2.21. The van der Waals surface area contributed by atoms with Crippen LogP contribution in [0.3, 0.4) is 0 Å². The summed E-state index contributed by atoms with van der Waals surface area (Å²) >= 11 is 0. The Labute approximate surface area is 149 Å². The van der Waals surface area contributed by atoms with Crippen molar-refractivity contribution in [3.8, 4) is 6.07 Å². The molecule has 0 aromatic heterocycles. The lowest BCUT2D eigenvalue weighted by Gasteiger charge is -2.06. The number of carbonyl (C=O) groups is 3. The Morgan fingerprint density at radius 2 is 1.65 bits per heavy atom. The maximum absolute atomic E-state index is 12.8. The third-order valence-corrected chi connectivity index (χ3v) is 3.38. The van der Waals surface area contributed by atoms with Gasteiger partial charge < -0.3 is 10.1 Å². The molecule has 0 aliphatic rings. The highest BCUT2D eigenvalue weighted by Crippen LogP contribution is 2.09. The minimum absolute atomic E-state index is 0.0955. The number of nitrogens with zero attached hydrogens (tertiary/aromatic N) is 1. The van der Waals surface area contributed by atoms with Crippen molar-refractivity contribution >= 4 is 23.3 Å². The molecule has 0 saturated carbocycles. The second-order valence-electron chi connectivity index (χ2n) is 5.33. The quantitative estimate of drug-likeness (QED) is 0.609. The summed E-state index contributed by atoms with van der Waals surface area (Å²) in [5, 5.41) is 11.2. The van der Waals surface area contributed by atoms with E-state index >= 15 is 0 Å². The second-order valence-corrected chi connectivity index (χ2v) is 5.33. The molecule has 0 bridgehead atoms. The fourth-order valence-corrected chi connectivity index (χ4v) is 2.04. The molecule has 132 valence electrons. The van der Waals surface area contributed by atoms with Crippen LogP contribution in [0.5, 0.6) is 0 Å². The van der Waals surface area contributed by atoms with Gasteiger partial charge in [0.2, 0.25) is 0 Å². The molecule has 0 aliphatic carbocycles. The maximum atomic E-state index is 12.8. The van der Waals surface area contributed by atoms with Crippen molar-refractivity contribution in [2.24, 2.45) is 0 Å². The van der Waals surface area contributed by atoms with Gasteiger partial charge in [-0.3, -0.25) is 14.4 Å². The molecule has 0 unspecified atom stereocenters. The monoisotopic (exact) mass is 354 g/mol. The van der Waals surface area contributed by atoms with E-state index in [0.29, 0.717) is 16.8 Å². The van der Waals surface area contributed by atoms with Crippen molar-refractivity contribution in [1.29, 1.82) is 5.26 Å². The largest absolute Gasteiger partial charge is 0.456 e. The van der Waals surface area contributed by atoms with Gasteiger partial charge in [-0.15, -0.1) is 0 Å². The van der Waals surface area contributed by atoms with E-state index in [1.54, 1.807) is 24.3 Å². The van der Waals surface area contributed by atoms with E-state index < -0.39 is 24.3 Å². The highest BCUT2D eigenvalue weighted by molar-refractivity contribution is 5.98. The summed E-state index contributed by atoms with van der Waals surface area (Å²) < 4.78 is 17.6. The molecule has 0 aliphatic heterocycles. The van der Waals surface area contributed by atoms with Crippen LogP contribution in [0, 0.1) is 17.1 Å². The van der Waals surface area contributed by atoms with Crippen molar-refractivity contribution in [1.82, 2.24) is 0 Å². The number of rotatable bonds is 7. The van der Waals surface area contributed by atoms with Gasteiger partial charge in [0.05, 0.1) is 18.1 Å². The Morgan fingerprint density at radius 1 is 1.00 bits per heavy atom. The van der Waals surface area contributed by atoms with Gasteiger partial charge in [0.1, 0.15) is 5.82 Å². The van der Waals surface area contributed by atoms with Crippen LogP contribution in [0.15, 0.2) is 48.5 Å². The Morgan fingerprint density at radius 3 is 2.27 bits per heavy atom. The van der Waals surface area contributed by atoms with Gasteiger partial charge in [-0.05, 0) is 48.5 Å². The van der Waals surface area contributed by atoms with Crippen molar-refractivity contribution in [3.63, 3.8) is 0 Å². The highest BCUT2D eigenvalue weighted by Gasteiger charge is 2.12. The Balaban J connectivity index is 1.72. The zero-order valence-corrected chi connectivity index (χ0v) is 13.7. The topological polar surface area (TPSA) is 96.3 Å². The molecule has 2 rings (SSSR count). The normalized spacial score (nSPS) is 9.85. The van der Waals surface area contributed by atoms with Crippen LogP contribution in [-0.4, -0.2) is 24.3 Å². The van der Waals surface area contributed by atoms with Crippen LogP contribution >= 0.6 is 0 Å². The van der Waals surface area contributed by atoms with Gasteiger partial charge in [0, 0.05) is 17.7 Å². The predicted octanol–water partition coefficient (Wildman–Crippen LogP) is 2.84. The van der Waals surface area contributed by atoms with Crippen LogP contribution in [0.2, 0.25) is 0 Å². The number of ketones is 1. The number of anilines is 1. The first-order chi connectivity index (χ1) is 12.5. The number of ether oxygens (including phenoxy) is 1. The number of Topliss-reactive ketones (excluding diaryl/α,β-unsaturated/α-hetero) is 1. The third kappa shape index (κ3) is 5.83. The number of nitrogens with one attached hydrogen (secondary N) is 1. The molecule has 1 amide bonds. The van der Waals surface area contributed by atoms with Gasteiger partial charge in [-0.1, -0.05) is 0 Å². The first-order valence-electron chi connectivity index (χ1n) is 7.72. The molecule has 1 N–H and O–H groups in total. The summed E-state index contributed by atoms with van der Waals surface area (Å²) in [5.41, 5.74) is 1.23. The summed E-state index contributed by atoms with van der Waals surface area (Å²) in [6.07, 6.45) is -0.276.